The molecule has 3 aromatic rings. The Morgan fingerprint density at radius 3 is 2.52 bits per heavy atom. The number of hydrogen-bond donors (Lipinski definition) is 0. The van der Waals surface area contributed by atoms with E-state index in [-0.39, 0.29) is 0 Å². The molecule has 0 saturated heterocycles. The maximum atomic E-state index is 4.47. The van der Waals surface area contributed by atoms with Gasteiger partial charge in [0, 0.05) is 18.0 Å². The highest BCUT2D eigenvalue weighted by atomic mass is 15.3. The zero-order chi connectivity index (χ0) is 14.7. The van der Waals surface area contributed by atoms with E-state index in [2.05, 4.69) is 47.1 Å². The van der Waals surface area contributed by atoms with E-state index in [1.54, 1.807) is 17.2 Å². The third-order valence-electron chi connectivity index (χ3n) is 3.07. The molecule has 2 aromatic heterocycles. The third-order valence-corrected chi connectivity index (χ3v) is 3.07. The predicted molar refractivity (Wildman–Crippen MR) is 84.4 cm³/mol. The summed E-state index contributed by atoms with van der Waals surface area (Å²) < 4.78 is 1.70. The van der Waals surface area contributed by atoms with E-state index in [0.717, 1.165) is 17.1 Å². The first-order valence-electron chi connectivity index (χ1n) is 6.80. The van der Waals surface area contributed by atoms with Crippen molar-refractivity contribution in [3.05, 3.63) is 65.7 Å². The molecule has 0 spiro atoms. The van der Waals surface area contributed by atoms with Crippen molar-refractivity contribution in [3.8, 4) is 11.4 Å². The predicted octanol–water partition coefficient (Wildman–Crippen LogP) is 3.58. The Morgan fingerprint density at radius 1 is 1.00 bits per heavy atom. The first-order chi connectivity index (χ1) is 10.2. The van der Waals surface area contributed by atoms with Gasteiger partial charge in [-0.05, 0) is 44.2 Å². The van der Waals surface area contributed by atoms with E-state index in [1.165, 1.54) is 11.1 Å². The van der Waals surface area contributed by atoms with Gasteiger partial charge in [0.15, 0.2) is 5.82 Å². The number of benzene rings is 1. The smallest absolute Gasteiger partial charge is 0.181 e. The van der Waals surface area contributed by atoms with Crippen molar-refractivity contribution in [2.75, 3.05) is 0 Å². The molecule has 0 radical (unpaired) electrons. The SMILES string of the molecule is Cc1cc(C)cc(-c2ncn(/C=C\c3ccccn3)n2)c1. The van der Waals surface area contributed by atoms with E-state index in [1.807, 2.05) is 30.5 Å². The highest BCUT2D eigenvalue weighted by molar-refractivity contribution is 5.59. The van der Waals surface area contributed by atoms with Crippen LogP contribution in [0.1, 0.15) is 16.8 Å². The molecule has 3 rings (SSSR count). The van der Waals surface area contributed by atoms with Crippen LogP contribution < -0.4 is 0 Å². The number of pyridine rings is 1. The standard InChI is InChI=1S/C17H16N4/c1-13-9-14(2)11-15(10-13)17-19-12-21(20-17)8-6-16-5-3-4-7-18-16/h3-12H,1-2H3/b8-6-. The first kappa shape index (κ1) is 13.2. The van der Waals surface area contributed by atoms with Crippen LogP contribution >= 0.6 is 0 Å². The van der Waals surface area contributed by atoms with Crippen molar-refractivity contribution in [1.82, 2.24) is 19.7 Å². The summed E-state index contributed by atoms with van der Waals surface area (Å²) in [5.41, 5.74) is 4.36. The second-order valence-electron chi connectivity index (χ2n) is 4.99. The average Bonchev–Trinajstić information content (AvgIpc) is 2.94. The van der Waals surface area contributed by atoms with E-state index in [0.29, 0.717) is 0 Å². The summed E-state index contributed by atoms with van der Waals surface area (Å²) in [6.45, 7) is 4.16. The largest absolute Gasteiger partial charge is 0.257 e. The minimum absolute atomic E-state index is 0.729. The van der Waals surface area contributed by atoms with Gasteiger partial charge in [0.1, 0.15) is 6.33 Å². The minimum atomic E-state index is 0.729. The van der Waals surface area contributed by atoms with Crippen molar-refractivity contribution in [2.45, 2.75) is 13.8 Å². The Labute approximate surface area is 123 Å². The van der Waals surface area contributed by atoms with Gasteiger partial charge in [0.2, 0.25) is 0 Å². The molecule has 0 saturated carbocycles. The van der Waals surface area contributed by atoms with E-state index in [9.17, 15) is 0 Å². The molecule has 0 N–H and O–H groups in total. The maximum Gasteiger partial charge on any atom is 0.181 e. The molecule has 0 aliphatic rings. The van der Waals surface area contributed by atoms with E-state index >= 15 is 0 Å². The lowest BCUT2D eigenvalue weighted by Gasteiger charge is -2.00. The lowest BCUT2D eigenvalue weighted by Crippen LogP contribution is -1.89. The molecule has 0 bridgehead atoms. The number of aromatic nitrogens is 4. The molecular formula is C17H16N4. The van der Waals surface area contributed by atoms with Crippen molar-refractivity contribution >= 4 is 12.3 Å². The number of aryl methyl sites for hydroxylation is 2. The quantitative estimate of drug-likeness (QED) is 0.734. The number of nitrogens with zero attached hydrogens (tertiary/aromatic N) is 4. The molecular weight excluding hydrogens is 260 g/mol. The third kappa shape index (κ3) is 3.23. The highest BCUT2D eigenvalue weighted by Crippen LogP contribution is 2.18. The maximum absolute atomic E-state index is 4.47. The molecule has 21 heavy (non-hydrogen) atoms. The van der Waals surface area contributed by atoms with Crippen LogP contribution in [-0.4, -0.2) is 19.7 Å². The lowest BCUT2D eigenvalue weighted by molar-refractivity contribution is 0.939. The van der Waals surface area contributed by atoms with E-state index < -0.39 is 0 Å². The Morgan fingerprint density at radius 2 is 1.81 bits per heavy atom. The monoisotopic (exact) mass is 276 g/mol. The molecule has 0 amide bonds. The molecule has 0 unspecified atom stereocenters. The summed E-state index contributed by atoms with van der Waals surface area (Å²) in [6.07, 6.45) is 7.22. The average molecular weight is 276 g/mol. The molecule has 0 atom stereocenters. The van der Waals surface area contributed by atoms with Gasteiger partial charge >= 0.3 is 0 Å². The molecule has 1 aromatic carbocycles. The van der Waals surface area contributed by atoms with Crippen LogP contribution in [0.15, 0.2) is 48.9 Å². The van der Waals surface area contributed by atoms with Crippen LogP contribution in [0.3, 0.4) is 0 Å². The second-order valence-corrected chi connectivity index (χ2v) is 4.99. The topological polar surface area (TPSA) is 43.6 Å². The van der Waals surface area contributed by atoms with Crippen molar-refractivity contribution in [3.63, 3.8) is 0 Å². The van der Waals surface area contributed by atoms with Gasteiger partial charge < -0.3 is 0 Å². The Kier molecular flexibility index (Phi) is 3.60. The van der Waals surface area contributed by atoms with Gasteiger partial charge in [-0.25, -0.2) is 9.67 Å². The Bertz CT molecular complexity index is 752. The van der Waals surface area contributed by atoms with Crippen LogP contribution in [0.5, 0.6) is 0 Å². The summed E-state index contributed by atoms with van der Waals surface area (Å²) in [5, 5.41) is 4.47. The Balaban J connectivity index is 1.85. The van der Waals surface area contributed by atoms with Crippen LogP contribution in [0.4, 0.5) is 0 Å². The van der Waals surface area contributed by atoms with Gasteiger partial charge in [0.25, 0.3) is 0 Å². The summed E-state index contributed by atoms with van der Waals surface area (Å²) >= 11 is 0. The molecule has 0 fully saturated rings. The fraction of sp³-hybridized carbons (Fsp3) is 0.118. The van der Waals surface area contributed by atoms with Crippen LogP contribution in [0.25, 0.3) is 23.7 Å². The van der Waals surface area contributed by atoms with Gasteiger partial charge in [-0.2, -0.15) is 0 Å². The van der Waals surface area contributed by atoms with Gasteiger partial charge in [-0.15, -0.1) is 5.10 Å². The van der Waals surface area contributed by atoms with Gasteiger partial charge in [-0.1, -0.05) is 23.3 Å². The van der Waals surface area contributed by atoms with Gasteiger partial charge in [0.05, 0.1) is 5.69 Å². The summed E-state index contributed by atoms with van der Waals surface area (Å²) in [7, 11) is 0. The van der Waals surface area contributed by atoms with Crippen molar-refractivity contribution < 1.29 is 0 Å². The fourth-order valence-corrected chi connectivity index (χ4v) is 2.21. The number of hydrogen-bond acceptors (Lipinski definition) is 3. The zero-order valence-electron chi connectivity index (χ0n) is 12.1. The highest BCUT2D eigenvalue weighted by Gasteiger charge is 2.04. The van der Waals surface area contributed by atoms with Crippen molar-refractivity contribution in [1.29, 1.82) is 0 Å². The summed E-state index contributed by atoms with van der Waals surface area (Å²) in [6, 6.07) is 12.1. The molecule has 4 nitrogen and oxygen atoms in total. The van der Waals surface area contributed by atoms with Crippen LogP contribution in [0.2, 0.25) is 0 Å². The van der Waals surface area contributed by atoms with Crippen LogP contribution in [-0.2, 0) is 0 Å². The lowest BCUT2D eigenvalue weighted by atomic mass is 10.1. The molecule has 2 heterocycles. The minimum Gasteiger partial charge on any atom is -0.257 e. The van der Waals surface area contributed by atoms with Gasteiger partial charge in [-0.3, -0.25) is 4.98 Å². The molecule has 104 valence electrons. The van der Waals surface area contributed by atoms with Crippen molar-refractivity contribution in [2.24, 2.45) is 0 Å². The molecule has 0 aliphatic heterocycles. The fourth-order valence-electron chi connectivity index (χ4n) is 2.21. The molecule has 0 aliphatic carbocycles. The van der Waals surface area contributed by atoms with Crippen LogP contribution in [0, 0.1) is 13.8 Å². The normalized spacial score (nSPS) is 11.1. The zero-order valence-corrected chi connectivity index (χ0v) is 12.1. The first-order valence-corrected chi connectivity index (χ1v) is 6.80. The number of rotatable bonds is 3. The van der Waals surface area contributed by atoms with E-state index in [4.69, 9.17) is 0 Å². The second kappa shape index (κ2) is 5.71. The Hall–Kier alpha value is -2.75. The summed E-state index contributed by atoms with van der Waals surface area (Å²) in [4.78, 5) is 8.59. The summed E-state index contributed by atoms with van der Waals surface area (Å²) in [5.74, 6) is 0.729. The molecule has 4 heteroatoms.